The molecule has 1 amide bonds. The summed E-state index contributed by atoms with van der Waals surface area (Å²) in [5.74, 6) is -4.21. The molecule has 2 aromatic carbocycles. The molecular weight excluding hydrogens is 687 g/mol. The lowest BCUT2D eigenvalue weighted by Gasteiger charge is -2.27. The van der Waals surface area contributed by atoms with Crippen molar-refractivity contribution in [1.29, 1.82) is 0 Å². The lowest BCUT2D eigenvalue weighted by Crippen LogP contribution is -2.40. The summed E-state index contributed by atoms with van der Waals surface area (Å²) in [6.45, 7) is 3.74. The van der Waals surface area contributed by atoms with E-state index in [4.69, 9.17) is 4.74 Å². The number of aromatic nitrogens is 1. The molecule has 0 saturated heterocycles. The number of alkyl halides is 6. The fourth-order valence-corrected chi connectivity index (χ4v) is 6.36. The number of carbonyl (C=O) groups excluding carboxylic acids is 1. The van der Waals surface area contributed by atoms with E-state index in [0.29, 0.717) is 43.4 Å². The van der Waals surface area contributed by atoms with Crippen LogP contribution in [0, 0.1) is 19.7 Å². The molecule has 0 spiro atoms. The molecule has 1 aliphatic heterocycles. The van der Waals surface area contributed by atoms with Crippen molar-refractivity contribution in [3.63, 3.8) is 0 Å². The number of pyridine rings is 1. The summed E-state index contributed by atoms with van der Waals surface area (Å²) in [5, 5.41) is 12.1. The number of rotatable bonds is 6. The molecule has 0 unspecified atom stereocenters. The van der Waals surface area contributed by atoms with Crippen LogP contribution in [0.3, 0.4) is 0 Å². The first-order valence-electron chi connectivity index (χ1n) is 16.4. The predicted octanol–water partition coefficient (Wildman–Crippen LogP) is 7.63. The number of carboxylic acid groups (broad SMARTS) is 1. The minimum absolute atomic E-state index is 0.0948. The molecular formula is C36H40F7N3O5. The van der Waals surface area contributed by atoms with Gasteiger partial charge in [0.25, 0.3) is 5.56 Å². The topological polar surface area (TPSA) is 101 Å². The number of halogens is 7. The number of carboxylic acids is 1. The predicted molar refractivity (Wildman–Crippen MR) is 175 cm³/mol. The first-order chi connectivity index (χ1) is 23.8. The number of nitrogens with one attached hydrogen (secondary N) is 1. The first-order valence-corrected chi connectivity index (χ1v) is 16.4. The molecule has 4 rings (SSSR count). The van der Waals surface area contributed by atoms with Crippen molar-refractivity contribution in [2.75, 3.05) is 27.2 Å². The van der Waals surface area contributed by atoms with Crippen molar-refractivity contribution in [1.82, 2.24) is 14.8 Å². The van der Waals surface area contributed by atoms with E-state index in [1.807, 2.05) is 0 Å². The Morgan fingerprint density at radius 1 is 0.961 bits per heavy atom. The number of fused-ring (bicyclic) bond motifs is 4. The molecule has 8 nitrogen and oxygen atoms in total. The molecule has 0 fully saturated rings. The molecule has 0 aliphatic carbocycles. The highest BCUT2D eigenvalue weighted by atomic mass is 19.4. The van der Waals surface area contributed by atoms with Crippen molar-refractivity contribution < 1.29 is 50.2 Å². The van der Waals surface area contributed by atoms with Crippen LogP contribution in [0.4, 0.5) is 30.7 Å². The minimum atomic E-state index is -5.23. The zero-order valence-corrected chi connectivity index (χ0v) is 28.6. The van der Waals surface area contributed by atoms with Gasteiger partial charge in [-0.3, -0.25) is 14.4 Å². The zero-order valence-electron chi connectivity index (χ0n) is 28.6. The molecule has 2 atom stereocenters. The molecule has 0 radical (unpaired) electrons. The second-order valence-electron chi connectivity index (χ2n) is 13.1. The number of amides is 1. The van der Waals surface area contributed by atoms with Crippen LogP contribution in [0.25, 0.3) is 11.1 Å². The van der Waals surface area contributed by atoms with Crippen molar-refractivity contribution in [3.8, 4) is 16.9 Å². The SMILES string of the molecule is Cc1cc(C)c2c(c1)OCCCCCC[C@H](n1cc(CCN(C)C)c(C(F)(F)F)cc1=O)C(=O)N[C@@H](CC(=O)O)c1cc-2cc(C(F)(F)F)c1F. The number of likely N-dealkylation sites (N-methyl/N-ethyl adjacent to an activating group) is 1. The van der Waals surface area contributed by atoms with Gasteiger partial charge in [-0.2, -0.15) is 26.3 Å². The highest BCUT2D eigenvalue weighted by Gasteiger charge is 2.39. The molecule has 51 heavy (non-hydrogen) atoms. The Morgan fingerprint density at radius 3 is 2.25 bits per heavy atom. The third-order valence-electron chi connectivity index (χ3n) is 8.77. The standard InChI is InChI=1S/C36H40F7N3O5/c1-20-13-21(2)32-23-15-24(33(37)26(16-23)36(41,42)43)27(18-31(48)49)44-34(50)28(9-7-5-6-8-12-51-29(32)14-20)46-19-22(10-11-45(3)4)25(17-30(46)47)35(38,39)40/h13-17,19,27-28H,5-12,18H2,1-4H3,(H,44,50)(H,48,49)/t27-,28-/m0/s1. The quantitative estimate of drug-likeness (QED) is 0.254. The number of aryl methyl sites for hydroxylation is 2. The van der Waals surface area contributed by atoms with E-state index in [2.05, 4.69) is 5.32 Å². The highest BCUT2D eigenvalue weighted by molar-refractivity contribution is 5.82. The molecule has 15 heteroatoms. The molecule has 0 saturated carbocycles. The Morgan fingerprint density at radius 2 is 1.63 bits per heavy atom. The van der Waals surface area contributed by atoms with E-state index < -0.39 is 70.8 Å². The third-order valence-corrected chi connectivity index (χ3v) is 8.77. The van der Waals surface area contributed by atoms with Crippen LogP contribution < -0.4 is 15.6 Å². The summed E-state index contributed by atoms with van der Waals surface area (Å²) in [6, 6.07) is 1.99. The summed E-state index contributed by atoms with van der Waals surface area (Å²) in [4.78, 5) is 40.9. The maximum absolute atomic E-state index is 15.9. The van der Waals surface area contributed by atoms with E-state index in [0.717, 1.165) is 22.4 Å². The van der Waals surface area contributed by atoms with Crippen molar-refractivity contribution in [3.05, 3.63) is 86.1 Å². The Balaban J connectivity index is 1.94. The number of ether oxygens (including phenoxy) is 1. The maximum Gasteiger partial charge on any atom is 0.419 e. The average molecular weight is 728 g/mol. The third kappa shape index (κ3) is 9.69. The summed E-state index contributed by atoms with van der Waals surface area (Å²) < 4.78 is 108. The first kappa shape index (κ1) is 39.4. The van der Waals surface area contributed by atoms with Crippen LogP contribution in [0.1, 0.15) is 84.0 Å². The van der Waals surface area contributed by atoms with Gasteiger partial charge in [0.1, 0.15) is 17.6 Å². The zero-order chi connectivity index (χ0) is 37.8. The monoisotopic (exact) mass is 727 g/mol. The van der Waals surface area contributed by atoms with Gasteiger partial charge in [-0.25, -0.2) is 4.39 Å². The van der Waals surface area contributed by atoms with Crippen LogP contribution in [0.2, 0.25) is 0 Å². The lowest BCUT2D eigenvalue weighted by atomic mass is 9.90. The Labute approximate surface area is 290 Å². The van der Waals surface area contributed by atoms with Gasteiger partial charge in [-0.1, -0.05) is 25.3 Å². The molecule has 3 aromatic rings. The second-order valence-corrected chi connectivity index (χ2v) is 13.1. The van der Waals surface area contributed by atoms with Crippen LogP contribution in [-0.2, 0) is 28.4 Å². The fraction of sp³-hybridized carbons (Fsp3) is 0.472. The van der Waals surface area contributed by atoms with Gasteiger partial charge in [0.2, 0.25) is 5.91 Å². The largest absolute Gasteiger partial charge is 0.493 e. The second kappa shape index (κ2) is 15.9. The van der Waals surface area contributed by atoms with E-state index in [1.165, 1.54) is 0 Å². The van der Waals surface area contributed by atoms with Crippen molar-refractivity contribution in [2.24, 2.45) is 0 Å². The van der Waals surface area contributed by atoms with Gasteiger partial charge >= 0.3 is 18.3 Å². The molecule has 2 heterocycles. The van der Waals surface area contributed by atoms with Crippen LogP contribution in [-0.4, -0.2) is 53.7 Å². The number of hydrogen-bond donors (Lipinski definition) is 2. The molecule has 2 N–H and O–H groups in total. The number of hydrogen-bond acceptors (Lipinski definition) is 5. The Kier molecular flexibility index (Phi) is 12.3. The van der Waals surface area contributed by atoms with E-state index >= 15 is 4.39 Å². The summed E-state index contributed by atoms with van der Waals surface area (Å²) >= 11 is 0. The molecule has 1 aliphatic rings. The summed E-state index contributed by atoms with van der Waals surface area (Å²) in [7, 11) is 3.29. The number of nitrogens with zero attached hydrogens (tertiary/aromatic N) is 2. The molecule has 278 valence electrons. The van der Waals surface area contributed by atoms with Crippen molar-refractivity contribution >= 4 is 11.9 Å². The number of carbonyl (C=O) groups is 2. The van der Waals surface area contributed by atoms with Crippen LogP contribution >= 0.6 is 0 Å². The minimum Gasteiger partial charge on any atom is -0.493 e. The van der Waals surface area contributed by atoms with Crippen LogP contribution in [0.5, 0.6) is 5.75 Å². The van der Waals surface area contributed by atoms with Gasteiger partial charge in [-0.15, -0.1) is 0 Å². The van der Waals surface area contributed by atoms with Gasteiger partial charge in [-0.05, 0) is 87.7 Å². The summed E-state index contributed by atoms with van der Waals surface area (Å²) in [6.07, 6.45) is -8.58. The maximum atomic E-state index is 15.9. The van der Waals surface area contributed by atoms with Gasteiger partial charge in [0, 0.05) is 29.9 Å². The molecule has 2 bridgehead atoms. The Hall–Kier alpha value is -4.40. The van der Waals surface area contributed by atoms with E-state index in [1.54, 1.807) is 45.0 Å². The number of aliphatic carboxylic acids is 1. The fourth-order valence-electron chi connectivity index (χ4n) is 6.36. The number of benzene rings is 2. The van der Waals surface area contributed by atoms with Gasteiger partial charge in [0.15, 0.2) is 0 Å². The molecule has 1 aromatic heterocycles. The smallest absolute Gasteiger partial charge is 0.419 e. The van der Waals surface area contributed by atoms with E-state index in [-0.39, 0.29) is 48.4 Å². The van der Waals surface area contributed by atoms with Gasteiger partial charge < -0.3 is 24.6 Å². The van der Waals surface area contributed by atoms with Crippen molar-refractivity contribution in [2.45, 2.75) is 83.2 Å². The lowest BCUT2D eigenvalue weighted by molar-refractivity contribution is -0.140. The average Bonchev–Trinajstić information content (AvgIpc) is 3.00. The normalized spacial score (nSPS) is 17.8. The van der Waals surface area contributed by atoms with Crippen LogP contribution in [0.15, 0.2) is 41.3 Å². The van der Waals surface area contributed by atoms with Gasteiger partial charge in [0.05, 0.1) is 30.2 Å². The van der Waals surface area contributed by atoms with E-state index in [9.17, 15) is 45.8 Å². The highest BCUT2D eigenvalue weighted by Crippen LogP contribution is 2.42. The summed E-state index contributed by atoms with van der Waals surface area (Å²) in [5.41, 5.74) is -3.75. The Bertz CT molecular complexity index is 1820.